The fraction of sp³-hybridized carbons (Fsp3) is 0. The van der Waals surface area contributed by atoms with Crippen molar-refractivity contribution in [2.75, 3.05) is 11.5 Å². The van der Waals surface area contributed by atoms with Gasteiger partial charge in [0, 0.05) is 0 Å². The second kappa shape index (κ2) is 4.00. The minimum Gasteiger partial charge on any atom is -0.383 e. The van der Waals surface area contributed by atoms with Crippen molar-refractivity contribution in [2.45, 2.75) is 0 Å². The van der Waals surface area contributed by atoms with E-state index in [0.29, 0.717) is 5.82 Å². The van der Waals surface area contributed by atoms with Crippen LogP contribution in [0.3, 0.4) is 0 Å². The highest BCUT2D eigenvalue weighted by atomic mass is 15.0. The number of fused-ring (bicyclic) bond motifs is 1. The van der Waals surface area contributed by atoms with E-state index in [1.165, 1.54) is 0 Å². The average molecular weight is 236 g/mol. The largest absolute Gasteiger partial charge is 0.383 e. The van der Waals surface area contributed by atoms with E-state index in [4.69, 9.17) is 11.5 Å². The summed E-state index contributed by atoms with van der Waals surface area (Å²) in [5, 5.41) is 0.845. The second-order valence-corrected chi connectivity index (χ2v) is 4.03. The van der Waals surface area contributed by atoms with Crippen LogP contribution < -0.4 is 11.5 Å². The number of nitrogens with two attached hydrogens (primary N) is 2. The highest BCUT2D eigenvalue weighted by molar-refractivity contribution is 6.01. The molecule has 0 aliphatic heterocycles. The fourth-order valence-electron chi connectivity index (χ4n) is 2.09. The zero-order valence-corrected chi connectivity index (χ0v) is 9.67. The van der Waals surface area contributed by atoms with Crippen molar-refractivity contribution < 1.29 is 0 Å². The quantitative estimate of drug-likeness (QED) is 0.680. The Kier molecular flexibility index (Phi) is 2.34. The van der Waals surface area contributed by atoms with Gasteiger partial charge in [-0.05, 0) is 17.2 Å². The molecule has 0 atom stereocenters. The molecular weight excluding hydrogens is 224 g/mol. The number of anilines is 2. The summed E-state index contributed by atoms with van der Waals surface area (Å²) in [7, 11) is 0. The lowest BCUT2D eigenvalue weighted by molar-refractivity contribution is 1.25. The van der Waals surface area contributed by atoms with E-state index in [1.54, 1.807) is 0 Å². The van der Waals surface area contributed by atoms with Crippen LogP contribution in [-0.4, -0.2) is 9.97 Å². The first-order valence-electron chi connectivity index (χ1n) is 5.63. The fourth-order valence-corrected chi connectivity index (χ4v) is 2.09. The van der Waals surface area contributed by atoms with Crippen molar-refractivity contribution in [1.29, 1.82) is 0 Å². The third kappa shape index (κ3) is 1.64. The SMILES string of the molecule is Nc1nc(N)c2c(-c3ccccc3)cccc2n1. The van der Waals surface area contributed by atoms with Gasteiger partial charge in [-0.25, -0.2) is 4.98 Å². The van der Waals surface area contributed by atoms with Crippen LogP contribution in [0.1, 0.15) is 0 Å². The molecule has 4 heteroatoms. The molecule has 3 aromatic rings. The first-order valence-corrected chi connectivity index (χ1v) is 5.63. The molecule has 0 fully saturated rings. The third-order valence-electron chi connectivity index (χ3n) is 2.85. The topological polar surface area (TPSA) is 77.8 Å². The van der Waals surface area contributed by atoms with Gasteiger partial charge in [0.1, 0.15) is 5.82 Å². The molecule has 0 radical (unpaired) electrons. The summed E-state index contributed by atoms with van der Waals surface area (Å²) >= 11 is 0. The van der Waals surface area contributed by atoms with E-state index in [2.05, 4.69) is 9.97 Å². The highest BCUT2D eigenvalue weighted by Gasteiger charge is 2.09. The number of hydrogen-bond acceptors (Lipinski definition) is 4. The Labute approximate surface area is 104 Å². The molecule has 0 amide bonds. The van der Waals surface area contributed by atoms with Crippen molar-refractivity contribution in [3.05, 3.63) is 48.5 Å². The maximum absolute atomic E-state index is 5.96. The monoisotopic (exact) mass is 236 g/mol. The van der Waals surface area contributed by atoms with E-state index in [0.717, 1.165) is 22.0 Å². The van der Waals surface area contributed by atoms with Gasteiger partial charge in [0.15, 0.2) is 0 Å². The Hall–Kier alpha value is -2.62. The highest BCUT2D eigenvalue weighted by Crippen LogP contribution is 2.30. The van der Waals surface area contributed by atoms with E-state index in [9.17, 15) is 0 Å². The summed E-state index contributed by atoms with van der Waals surface area (Å²) in [4.78, 5) is 8.24. The predicted octanol–water partition coefficient (Wildman–Crippen LogP) is 2.46. The number of rotatable bonds is 1. The lowest BCUT2D eigenvalue weighted by Gasteiger charge is -2.08. The van der Waals surface area contributed by atoms with Crippen molar-refractivity contribution in [3.63, 3.8) is 0 Å². The average Bonchev–Trinajstić information content (AvgIpc) is 2.38. The predicted molar refractivity (Wildman–Crippen MR) is 73.8 cm³/mol. The Morgan fingerprint density at radius 2 is 1.56 bits per heavy atom. The lowest BCUT2D eigenvalue weighted by atomic mass is 10.0. The molecule has 0 bridgehead atoms. The van der Waals surface area contributed by atoms with E-state index < -0.39 is 0 Å². The van der Waals surface area contributed by atoms with Crippen LogP contribution in [-0.2, 0) is 0 Å². The Morgan fingerprint density at radius 3 is 2.33 bits per heavy atom. The van der Waals surface area contributed by atoms with Crippen LogP contribution in [0, 0.1) is 0 Å². The molecule has 1 heterocycles. The Morgan fingerprint density at radius 1 is 0.778 bits per heavy atom. The van der Waals surface area contributed by atoms with E-state index in [-0.39, 0.29) is 5.95 Å². The van der Waals surface area contributed by atoms with Gasteiger partial charge in [0.2, 0.25) is 5.95 Å². The molecule has 2 aromatic carbocycles. The summed E-state index contributed by atoms with van der Waals surface area (Å²) in [5.41, 5.74) is 14.4. The summed E-state index contributed by atoms with van der Waals surface area (Å²) < 4.78 is 0. The minimum atomic E-state index is 0.199. The molecule has 18 heavy (non-hydrogen) atoms. The number of aromatic nitrogens is 2. The summed E-state index contributed by atoms with van der Waals surface area (Å²) in [6.07, 6.45) is 0. The van der Waals surface area contributed by atoms with Crippen molar-refractivity contribution in [2.24, 2.45) is 0 Å². The van der Waals surface area contributed by atoms with Crippen LogP contribution >= 0.6 is 0 Å². The van der Waals surface area contributed by atoms with Crippen molar-refractivity contribution in [3.8, 4) is 11.1 Å². The first-order chi connectivity index (χ1) is 8.75. The van der Waals surface area contributed by atoms with E-state index in [1.807, 2.05) is 48.5 Å². The van der Waals surface area contributed by atoms with Gasteiger partial charge in [-0.1, -0.05) is 42.5 Å². The van der Waals surface area contributed by atoms with Gasteiger partial charge in [-0.3, -0.25) is 0 Å². The third-order valence-corrected chi connectivity index (χ3v) is 2.85. The first kappa shape index (κ1) is 10.5. The molecule has 4 nitrogen and oxygen atoms in total. The van der Waals surface area contributed by atoms with Crippen LogP contribution in [0.5, 0.6) is 0 Å². The van der Waals surface area contributed by atoms with Gasteiger partial charge in [-0.2, -0.15) is 4.98 Å². The van der Waals surface area contributed by atoms with Crippen molar-refractivity contribution >= 4 is 22.7 Å². The number of nitrogen functional groups attached to an aromatic ring is 2. The molecule has 0 aliphatic carbocycles. The lowest BCUT2D eigenvalue weighted by Crippen LogP contribution is -2.01. The molecule has 0 spiro atoms. The smallest absolute Gasteiger partial charge is 0.222 e. The molecular formula is C14H12N4. The maximum atomic E-state index is 5.96. The molecule has 0 unspecified atom stereocenters. The minimum absolute atomic E-state index is 0.199. The van der Waals surface area contributed by atoms with Gasteiger partial charge in [-0.15, -0.1) is 0 Å². The molecule has 3 rings (SSSR count). The van der Waals surface area contributed by atoms with Crippen molar-refractivity contribution in [1.82, 2.24) is 9.97 Å². The molecule has 0 saturated heterocycles. The summed E-state index contributed by atoms with van der Waals surface area (Å²) in [6.45, 7) is 0. The maximum Gasteiger partial charge on any atom is 0.222 e. The number of nitrogens with zero attached hydrogens (tertiary/aromatic N) is 2. The second-order valence-electron chi connectivity index (χ2n) is 4.03. The zero-order valence-electron chi connectivity index (χ0n) is 9.67. The standard InChI is InChI=1S/C14H12N4/c15-13-12-10(9-5-2-1-3-6-9)7-4-8-11(12)17-14(16)18-13/h1-8H,(H4,15,16,17,18). The molecule has 88 valence electrons. The molecule has 0 aliphatic rings. The Balaban J connectivity index is 2.37. The van der Waals surface area contributed by atoms with Crippen LogP contribution in [0.2, 0.25) is 0 Å². The molecule has 1 aromatic heterocycles. The van der Waals surface area contributed by atoms with E-state index >= 15 is 0 Å². The molecule has 4 N–H and O–H groups in total. The number of benzene rings is 2. The molecule has 0 saturated carbocycles. The Bertz CT molecular complexity index is 708. The normalized spacial score (nSPS) is 10.7. The van der Waals surface area contributed by atoms with Gasteiger partial charge in [0.05, 0.1) is 10.9 Å². The zero-order chi connectivity index (χ0) is 12.5. The summed E-state index contributed by atoms with van der Waals surface area (Å²) in [5.74, 6) is 0.613. The summed E-state index contributed by atoms with van der Waals surface area (Å²) in [6, 6.07) is 15.9. The van der Waals surface area contributed by atoms with Gasteiger partial charge >= 0.3 is 0 Å². The number of hydrogen-bond donors (Lipinski definition) is 2. The van der Waals surface area contributed by atoms with Crippen LogP contribution in [0.15, 0.2) is 48.5 Å². The van der Waals surface area contributed by atoms with Gasteiger partial charge in [0.25, 0.3) is 0 Å². The van der Waals surface area contributed by atoms with Gasteiger partial charge < -0.3 is 11.5 Å². The van der Waals surface area contributed by atoms with Crippen LogP contribution in [0.25, 0.3) is 22.0 Å². The van der Waals surface area contributed by atoms with Crippen LogP contribution in [0.4, 0.5) is 11.8 Å².